The van der Waals surface area contributed by atoms with E-state index in [4.69, 9.17) is 11.6 Å². The van der Waals surface area contributed by atoms with E-state index < -0.39 is 5.60 Å². The molecule has 0 bridgehead atoms. The highest BCUT2D eigenvalue weighted by Gasteiger charge is 2.29. The van der Waals surface area contributed by atoms with Crippen LogP contribution in [-0.4, -0.2) is 40.5 Å². The third-order valence-electron chi connectivity index (χ3n) is 2.16. The standard InChI is InChI=1S/C8H14ClNO2S/c9-5-7(11)10-6-8(12)1-3-13-4-2-8/h12H,1-6H2,(H,10,11). The molecular formula is C8H14ClNO2S. The summed E-state index contributed by atoms with van der Waals surface area (Å²) < 4.78 is 0. The van der Waals surface area contributed by atoms with Crippen LogP contribution in [-0.2, 0) is 4.79 Å². The van der Waals surface area contributed by atoms with Crippen molar-refractivity contribution in [2.75, 3.05) is 23.9 Å². The number of aliphatic hydroxyl groups is 1. The largest absolute Gasteiger partial charge is 0.388 e. The van der Waals surface area contributed by atoms with E-state index in [1.807, 2.05) is 11.8 Å². The minimum atomic E-state index is -0.701. The lowest BCUT2D eigenvalue weighted by molar-refractivity contribution is -0.120. The summed E-state index contributed by atoms with van der Waals surface area (Å²) >= 11 is 7.16. The van der Waals surface area contributed by atoms with Crippen LogP contribution in [0.15, 0.2) is 0 Å². The second kappa shape index (κ2) is 5.08. The lowest BCUT2D eigenvalue weighted by atomic mass is 9.97. The van der Waals surface area contributed by atoms with Gasteiger partial charge in [0.2, 0.25) is 5.91 Å². The van der Waals surface area contributed by atoms with Gasteiger partial charge in [0, 0.05) is 6.54 Å². The number of nitrogens with one attached hydrogen (secondary N) is 1. The molecule has 0 aromatic rings. The van der Waals surface area contributed by atoms with Crippen molar-refractivity contribution >= 4 is 29.3 Å². The number of carbonyl (C=O) groups excluding carboxylic acids is 1. The van der Waals surface area contributed by atoms with E-state index in [2.05, 4.69) is 5.32 Å². The Morgan fingerprint density at radius 1 is 1.54 bits per heavy atom. The molecule has 0 saturated carbocycles. The van der Waals surface area contributed by atoms with Crippen molar-refractivity contribution < 1.29 is 9.90 Å². The predicted molar refractivity (Wildman–Crippen MR) is 55.2 cm³/mol. The number of carbonyl (C=O) groups is 1. The van der Waals surface area contributed by atoms with E-state index in [1.165, 1.54) is 0 Å². The van der Waals surface area contributed by atoms with Crippen molar-refractivity contribution in [3.8, 4) is 0 Å². The van der Waals surface area contributed by atoms with Gasteiger partial charge in [-0.05, 0) is 24.3 Å². The Bertz CT molecular complexity index is 183. The van der Waals surface area contributed by atoms with E-state index in [0.717, 1.165) is 24.3 Å². The molecule has 5 heteroatoms. The van der Waals surface area contributed by atoms with Crippen molar-refractivity contribution in [1.29, 1.82) is 0 Å². The Labute approximate surface area is 87.2 Å². The quantitative estimate of drug-likeness (QED) is 0.689. The smallest absolute Gasteiger partial charge is 0.235 e. The first-order valence-electron chi connectivity index (χ1n) is 4.29. The van der Waals surface area contributed by atoms with Gasteiger partial charge >= 0.3 is 0 Å². The van der Waals surface area contributed by atoms with Crippen molar-refractivity contribution in [2.24, 2.45) is 0 Å². The predicted octanol–water partition coefficient (Wildman–Crippen LogP) is 0.600. The van der Waals surface area contributed by atoms with E-state index >= 15 is 0 Å². The number of halogens is 1. The van der Waals surface area contributed by atoms with Crippen molar-refractivity contribution in [3.63, 3.8) is 0 Å². The van der Waals surface area contributed by atoms with Gasteiger partial charge in [-0.1, -0.05) is 0 Å². The molecule has 1 aliphatic heterocycles. The number of rotatable bonds is 3. The van der Waals surface area contributed by atoms with Crippen LogP contribution in [0.1, 0.15) is 12.8 Å². The lowest BCUT2D eigenvalue weighted by Gasteiger charge is -2.31. The molecule has 0 spiro atoms. The summed E-state index contributed by atoms with van der Waals surface area (Å²) in [6.07, 6.45) is 1.50. The summed E-state index contributed by atoms with van der Waals surface area (Å²) in [4.78, 5) is 10.8. The van der Waals surface area contributed by atoms with E-state index in [0.29, 0.717) is 6.54 Å². The molecule has 0 unspecified atom stereocenters. The highest BCUT2D eigenvalue weighted by molar-refractivity contribution is 7.99. The summed E-state index contributed by atoms with van der Waals surface area (Å²) in [7, 11) is 0. The topological polar surface area (TPSA) is 49.3 Å². The summed E-state index contributed by atoms with van der Waals surface area (Å²) in [6, 6.07) is 0. The molecule has 0 aromatic heterocycles. The van der Waals surface area contributed by atoms with Crippen LogP contribution in [0.4, 0.5) is 0 Å². The molecule has 13 heavy (non-hydrogen) atoms. The maximum atomic E-state index is 10.8. The van der Waals surface area contributed by atoms with Crippen molar-refractivity contribution in [1.82, 2.24) is 5.32 Å². The lowest BCUT2D eigenvalue weighted by Crippen LogP contribution is -2.45. The van der Waals surface area contributed by atoms with Crippen LogP contribution in [0.3, 0.4) is 0 Å². The average molecular weight is 224 g/mol. The van der Waals surface area contributed by atoms with Gasteiger partial charge in [0.05, 0.1) is 5.60 Å². The zero-order valence-electron chi connectivity index (χ0n) is 7.38. The van der Waals surface area contributed by atoms with Gasteiger partial charge in [-0.15, -0.1) is 11.6 Å². The van der Waals surface area contributed by atoms with Crippen LogP contribution in [0.2, 0.25) is 0 Å². The molecule has 2 N–H and O–H groups in total. The van der Waals surface area contributed by atoms with Gasteiger partial charge in [-0.3, -0.25) is 4.79 Å². The second-order valence-electron chi connectivity index (χ2n) is 3.25. The average Bonchev–Trinajstić information content (AvgIpc) is 2.15. The molecule has 0 aliphatic carbocycles. The van der Waals surface area contributed by atoms with Crippen LogP contribution in [0.5, 0.6) is 0 Å². The monoisotopic (exact) mass is 223 g/mol. The molecule has 0 radical (unpaired) electrons. The third-order valence-corrected chi connectivity index (χ3v) is 3.39. The molecule has 0 aromatic carbocycles. The minimum Gasteiger partial charge on any atom is -0.388 e. The Balaban J connectivity index is 2.28. The molecule has 1 aliphatic rings. The van der Waals surface area contributed by atoms with Gasteiger partial charge in [0.15, 0.2) is 0 Å². The van der Waals surface area contributed by atoms with Gasteiger partial charge in [-0.25, -0.2) is 0 Å². The summed E-state index contributed by atoms with van der Waals surface area (Å²) in [5.41, 5.74) is -0.701. The molecule has 1 heterocycles. The molecule has 1 amide bonds. The third kappa shape index (κ3) is 3.75. The number of hydrogen-bond acceptors (Lipinski definition) is 3. The number of thioether (sulfide) groups is 1. The summed E-state index contributed by atoms with van der Waals surface area (Å²) in [6.45, 7) is 0.332. The number of alkyl halides is 1. The zero-order chi connectivity index (χ0) is 9.73. The van der Waals surface area contributed by atoms with Crippen LogP contribution >= 0.6 is 23.4 Å². The SMILES string of the molecule is O=C(CCl)NCC1(O)CCSCC1. The molecular weight excluding hydrogens is 210 g/mol. The fraction of sp³-hybridized carbons (Fsp3) is 0.875. The fourth-order valence-corrected chi connectivity index (χ4v) is 2.59. The summed E-state index contributed by atoms with van der Waals surface area (Å²) in [5, 5.41) is 12.6. The molecule has 3 nitrogen and oxygen atoms in total. The first kappa shape index (κ1) is 11.1. The minimum absolute atomic E-state index is 0.0369. The second-order valence-corrected chi connectivity index (χ2v) is 4.74. The first-order valence-corrected chi connectivity index (χ1v) is 5.98. The maximum absolute atomic E-state index is 10.8. The van der Waals surface area contributed by atoms with E-state index in [1.54, 1.807) is 0 Å². The Morgan fingerprint density at radius 3 is 2.69 bits per heavy atom. The first-order chi connectivity index (χ1) is 6.16. The highest BCUT2D eigenvalue weighted by atomic mass is 35.5. The molecule has 1 fully saturated rings. The van der Waals surface area contributed by atoms with Crippen molar-refractivity contribution in [2.45, 2.75) is 18.4 Å². The van der Waals surface area contributed by atoms with Gasteiger partial charge < -0.3 is 10.4 Å². The Morgan fingerprint density at radius 2 is 2.15 bits per heavy atom. The van der Waals surface area contributed by atoms with Crippen LogP contribution < -0.4 is 5.32 Å². The summed E-state index contributed by atoms with van der Waals surface area (Å²) in [5.74, 6) is 1.68. The van der Waals surface area contributed by atoms with Crippen LogP contribution in [0, 0.1) is 0 Å². The molecule has 76 valence electrons. The van der Waals surface area contributed by atoms with E-state index in [-0.39, 0.29) is 11.8 Å². The van der Waals surface area contributed by atoms with Gasteiger partial charge in [0.1, 0.15) is 5.88 Å². The Hall–Kier alpha value is 0.0700. The van der Waals surface area contributed by atoms with Gasteiger partial charge in [0.25, 0.3) is 0 Å². The highest BCUT2D eigenvalue weighted by Crippen LogP contribution is 2.25. The molecule has 1 rings (SSSR count). The zero-order valence-corrected chi connectivity index (χ0v) is 8.96. The molecule has 1 saturated heterocycles. The normalized spacial score (nSPS) is 21.1. The van der Waals surface area contributed by atoms with Gasteiger partial charge in [-0.2, -0.15) is 11.8 Å². The van der Waals surface area contributed by atoms with Crippen LogP contribution in [0.25, 0.3) is 0 Å². The van der Waals surface area contributed by atoms with Crippen molar-refractivity contribution in [3.05, 3.63) is 0 Å². The van der Waals surface area contributed by atoms with E-state index in [9.17, 15) is 9.90 Å². The number of amides is 1. The molecule has 0 atom stereocenters. The fourth-order valence-electron chi connectivity index (χ4n) is 1.24. The number of hydrogen-bond donors (Lipinski definition) is 2. The maximum Gasteiger partial charge on any atom is 0.235 e. The Kier molecular flexibility index (Phi) is 4.35.